The van der Waals surface area contributed by atoms with Crippen LogP contribution in [0, 0.1) is 5.92 Å². The SMILES string of the molecule is CCCCNC(=O)COC(=O)C1CCCCC1c1nc2ccccc2s1. The number of fused-ring (bicyclic) bond motifs is 1. The van der Waals surface area contributed by atoms with Crippen molar-refractivity contribution in [3.8, 4) is 0 Å². The lowest BCUT2D eigenvalue weighted by Crippen LogP contribution is -2.33. The smallest absolute Gasteiger partial charge is 0.310 e. The fourth-order valence-corrected chi connectivity index (χ4v) is 4.62. The molecule has 1 aliphatic rings. The highest BCUT2D eigenvalue weighted by atomic mass is 32.1. The first-order chi connectivity index (χ1) is 12.7. The minimum absolute atomic E-state index is 0.0943. The van der Waals surface area contributed by atoms with Gasteiger partial charge >= 0.3 is 5.97 Å². The van der Waals surface area contributed by atoms with Crippen molar-refractivity contribution < 1.29 is 14.3 Å². The molecule has 0 bridgehead atoms. The Morgan fingerprint density at radius 3 is 2.88 bits per heavy atom. The Labute approximate surface area is 158 Å². The van der Waals surface area contributed by atoms with E-state index in [1.165, 1.54) is 0 Å². The molecule has 5 nitrogen and oxygen atoms in total. The number of esters is 1. The number of hydrogen-bond acceptors (Lipinski definition) is 5. The summed E-state index contributed by atoms with van der Waals surface area (Å²) in [6.07, 6.45) is 5.82. The second kappa shape index (κ2) is 9.12. The van der Waals surface area contributed by atoms with Gasteiger partial charge in [0, 0.05) is 12.5 Å². The highest BCUT2D eigenvalue weighted by molar-refractivity contribution is 7.18. The van der Waals surface area contributed by atoms with Crippen LogP contribution in [-0.2, 0) is 14.3 Å². The average Bonchev–Trinajstić information content (AvgIpc) is 3.10. The van der Waals surface area contributed by atoms with Gasteiger partial charge in [-0.2, -0.15) is 0 Å². The lowest BCUT2D eigenvalue weighted by molar-refractivity contribution is -0.154. The molecule has 1 fully saturated rings. The summed E-state index contributed by atoms with van der Waals surface area (Å²) in [7, 11) is 0. The molecule has 6 heteroatoms. The topological polar surface area (TPSA) is 68.3 Å². The van der Waals surface area contributed by atoms with Gasteiger partial charge in [-0.1, -0.05) is 38.3 Å². The van der Waals surface area contributed by atoms with Crippen LogP contribution in [0.1, 0.15) is 56.4 Å². The molecular formula is C20H26N2O3S. The van der Waals surface area contributed by atoms with Crippen molar-refractivity contribution in [1.82, 2.24) is 10.3 Å². The van der Waals surface area contributed by atoms with E-state index in [0.717, 1.165) is 53.7 Å². The fraction of sp³-hybridized carbons (Fsp3) is 0.550. The number of rotatable bonds is 7. The number of carbonyl (C=O) groups excluding carboxylic acids is 2. The van der Waals surface area contributed by atoms with E-state index in [1.54, 1.807) is 11.3 Å². The van der Waals surface area contributed by atoms with Gasteiger partial charge in [0.1, 0.15) is 0 Å². The second-order valence-corrected chi connectivity index (χ2v) is 7.89. The predicted octanol–water partition coefficient (Wildman–Crippen LogP) is 4.03. The molecule has 1 amide bonds. The molecule has 0 spiro atoms. The first-order valence-electron chi connectivity index (χ1n) is 9.48. The Morgan fingerprint density at radius 2 is 2.08 bits per heavy atom. The molecule has 1 N–H and O–H groups in total. The van der Waals surface area contributed by atoms with Crippen LogP contribution in [-0.4, -0.2) is 30.0 Å². The summed E-state index contributed by atoms with van der Waals surface area (Å²) in [5.74, 6) is -0.594. The number of hydrogen-bond donors (Lipinski definition) is 1. The highest BCUT2D eigenvalue weighted by Gasteiger charge is 2.35. The number of ether oxygens (including phenoxy) is 1. The van der Waals surface area contributed by atoms with E-state index in [0.29, 0.717) is 6.54 Å². The zero-order valence-corrected chi connectivity index (χ0v) is 16.0. The molecule has 1 aliphatic carbocycles. The second-order valence-electron chi connectivity index (χ2n) is 6.83. The van der Waals surface area contributed by atoms with Crippen LogP contribution in [0.25, 0.3) is 10.2 Å². The molecule has 26 heavy (non-hydrogen) atoms. The van der Waals surface area contributed by atoms with Gasteiger partial charge in [-0.15, -0.1) is 11.3 Å². The van der Waals surface area contributed by atoms with Gasteiger partial charge in [0.25, 0.3) is 5.91 Å². The van der Waals surface area contributed by atoms with E-state index in [9.17, 15) is 9.59 Å². The number of unbranched alkanes of at least 4 members (excludes halogenated alkanes) is 1. The quantitative estimate of drug-likeness (QED) is 0.587. The summed E-state index contributed by atoms with van der Waals surface area (Å²) >= 11 is 1.66. The lowest BCUT2D eigenvalue weighted by Gasteiger charge is -2.28. The first kappa shape index (κ1) is 18.8. The third kappa shape index (κ3) is 4.61. The summed E-state index contributed by atoms with van der Waals surface area (Å²) < 4.78 is 6.47. The molecule has 0 saturated heterocycles. The van der Waals surface area contributed by atoms with Gasteiger partial charge in [-0.3, -0.25) is 9.59 Å². The standard InChI is InChI=1S/C20H26N2O3S/c1-2-3-12-21-18(23)13-25-20(24)15-9-5-4-8-14(15)19-22-16-10-6-7-11-17(16)26-19/h6-7,10-11,14-15H,2-5,8-9,12-13H2,1H3,(H,21,23). The van der Waals surface area contributed by atoms with Gasteiger partial charge < -0.3 is 10.1 Å². The maximum absolute atomic E-state index is 12.6. The van der Waals surface area contributed by atoms with Crippen LogP contribution in [0.3, 0.4) is 0 Å². The number of aromatic nitrogens is 1. The number of benzene rings is 1. The Hall–Kier alpha value is -1.95. The Kier molecular flexibility index (Phi) is 6.61. The molecule has 0 radical (unpaired) electrons. The minimum Gasteiger partial charge on any atom is -0.455 e. The highest BCUT2D eigenvalue weighted by Crippen LogP contribution is 2.41. The molecule has 1 saturated carbocycles. The molecule has 2 aromatic rings. The van der Waals surface area contributed by atoms with Crippen molar-refractivity contribution in [2.75, 3.05) is 13.2 Å². The van der Waals surface area contributed by atoms with Gasteiger partial charge in [0.2, 0.25) is 0 Å². The first-order valence-corrected chi connectivity index (χ1v) is 10.3. The van der Waals surface area contributed by atoms with Crippen LogP contribution in [0.5, 0.6) is 0 Å². The normalized spacial score (nSPS) is 20.0. The Morgan fingerprint density at radius 1 is 1.27 bits per heavy atom. The number of amides is 1. The summed E-state index contributed by atoms with van der Waals surface area (Å²) in [5, 5.41) is 3.79. The Bertz CT molecular complexity index is 725. The lowest BCUT2D eigenvalue weighted by atomic mass is 9.79. The van der Waals surface area contributed by atoms with Crippen LogP contribution in [0.2, 0.25) is 0 Å². The largest absolute Gasteiger partial charge is 0.455 e. The molecule has 140 valence electrons. The van der Waals surface area contributed by atoms with Crippen LogP contribution in [0.15, 0.2) is 24.3 Å². The molecule has 0 aliphatic heterocycles. The number of para-hydroxylation sites is 1. The van der Waals surface area contributed by atoms with Crippen molar-refractivity contribution >= 4 is 33.4 Å². The molecule has 1 aromatic carbocycles. The fourth-order valence-electron chi connectivity index (χ4n) is 3.46. The van der Waals surface area contributed by atoms with Gasteiger partial charge in [-0.25, -0.2) is 4.98 Å². The van der Waals surface area contributed by atoms with Gasteiger partial charge in [-0.05, 0) is 31.4 Å². The third-order valence-corrected chi connectivity index (χ3v) is 6.06. The molecule has 1 heterocycles. The van der Waals surface area contributed by atoms with Gasteiger partial charge in [0.05, 0.1) is 21.1 Å². The van der Waals surface area contributed by atoms with Crippen molar-refractivity contribution in [1.29, 1.82) is 0 Å². The van der Waals surface area contributed by atoms with Gasteiger partial charge in [0.15, 0.2) is 6.61 Å². The van der Waals surface area contributed by atoms with Crippen molar-refractivity contribution in [3.05, 3.63) is 29.3 Å². The van der Waals surface area contributed by atoms with Crippen LogP contribution >= 0.6 is 11.3 Å². The molecule has 1 aromatic heterocycles. The van der Waals surface area contributed by atoms with Crippen LogP contribution in [0.4, 0.5) is 0 Å². The third-order valence-electron chi connectivity index (χ3n) is 4.89. The van der Waals surface area contributed by atoms with Crippen molar-refractivity contribution in [2.45, 2.75) is 51.4 Å². The monoisotopic (exact) mass is 374 g/mol. The number of thiazole rings is 1. The van der Waals surface area contributed by atoms with E-state index in [4.69, 9.17) is 9.72 Å². The van der Waals surface area contributed by atoms with Crippen molar-refractivity contribution in [2.24, 2.45) is 5.92 Å². The Balaban J connectivity index is 1.62. The number of nitrogens with zero attached hydrogens (tertiary/aromatic N) is 1. The van der Waals surface area contributed by atoms with E-state index in [-0.39, 0.29) is 30.3 Å². The average molecular weight is 375 g/mol. The zero-order valence-electron chi connectivity index (χ0n) is 15.2. The zero-order chi connectivity index (χ0) is 18.4. The molecule has 2 atom stereocenters. The summed E-state index contributed by atoms with van der Waals surface area (Å²) in [6, 6.07) is 8.06. The van der Waals surface area contributed by atoms with Crippen LogP contribution < -0.4 is 5.32 Å². The minimum atomic E-state index is -0.264. The predicted molar refractivity (Wildman–Crippen MR) is 103 cm³/mol. The maximum atomic E-state index is 12.6. The summed E-state index contributed by atoms with van der Waals surface area (Å²) in [6.45, 7) is 2.51. The van der Waals surface area contributed by atoms with E-state index >= 15 is 0 Å². The van der Waals surface area contributed by atoms with E-state index in [2.05, 4.69) is 18.3 Å². The number of nitrogens with one attached hydrogen (secondary N) is 1. The summed E-state index contributed by atoms with van der Waals surface area (Å²) in [5.41, 5.74) is 0.987. The maximum Gasteiger partial charge on any atom is 0.310 e. The van der Waals surface area contributed by atoms with E-state index in [1.807, 2.05) is 18.2 Å². The summed E-state index contributed by atoms with van der Waals surface area (Å²) in [4.78, 5) is 29.1. The molecule has 2 unspecified atom stereocenters. The molecular weight excluding hydrogens is 348 g/mol. The van der Waals surface area contributed by atoms with E-state index < -0.39 is 0 Å². The molecule has 3 rings (SSSR count). The number of carbonyl (C=O) groups is 2. The van der Waals surface area contributed by atoms with Crippen molar-refractivity contribution in [3.63, 3.8) is 0 Å².